The van der Waals surface area contributed by atoms with Crippen molar-refractivity contribution in [2.75, 3.05) is 30.8 Å². The van der Waals surface area contributed by atoms with Crippen LogP contribution in [0.4, 0.5) is 11.6 Å². The fourth-order valence-corrected chi connectivity index (χ4v) is 5.83. The van der Waals surface area contributed by atoms with E-state index in [4.69, 9.17) is 8.94 Å². The maximum atomic E-state index is 13.6. The number of amides is 1. The topological polar surface area (TPSA) is 122 Å². The summed E-state index contributed by atoms with van der Waals surface area (Å²) in [5.41, 5.74) is 5.14. The van der Waals surface area contributed by atoms with Gasteiger partial charge in [0.05, 0.1) is 16.8 Å². The lowest BCUT2D eigenvalue weighted by Gasteiger charge is -2.22. The molecule has 0 fully saturated rings. The Kier molecular flexibility index (Phi) is 7.86. The van der Waals surface area contributed by atoms with E-state index in [9.17, 15) is 13.2 Å². The summed E-state index contributed by atoms with van der Waals surface area (Å²) in [6.45, 7) is 3.66. The minimum absolute atomic E-state index is 0.0521. The van der Waals surface area contributed by atoms with E-state index in [0.717, 1.165) is 5.69 Å². The van der Waals surface area contributed by atoms with Crippen LogP contribution >= 0.6 is 0 Å². The molecule has 0 unspecified atom stereocenters. The number of nitrogens with one attached hydrogen (secondary N) is 1. The molecule has 2 aromatic heterocycles. The van der Waals surface area contributed by atoms with Crippen LogP contribution in [0.2, 0.25) is 0 Å². The molecular formula is C31H31N5O5S. The number of oxazole rings is 1. The highest BCUT2D eigenvalue weighted by molar-refractivity contribution is 7.92. The number of carbonyl (C=O) groups is 1. The summed E-state index contributed by atoms with van der Waals surface area (Å²) < 4.78 is 40.5. The molecule has 216 valence electrons. The minimum atomic E-state index is -4.07. The van der Waals surface area contributed by atoms with E-state index in [2.05, 4.69) is 14.9 Å². The molecule has 1 N–H and O–H groups in total. The number of aromatic nitrogens is 2. The molecule has 42 heavy (non-hydrogen) atoms. The smallest absolute Gasteiger partial charge is 0.264 e. The monoisotopic (exact) mass is 585 g/mol. The Morgan fingerprint density at radius 3 is 2.43 bits per heavy atom. The number of sulfonamides is 1. The van der Waals surface area contributed by atoms with Gasteiger partial charge in [0.15, 0.2) is 0 Å². The fourth-order valence-electron chi connectivity index (χ4n) is 4.56. The predicted molar refractivity (Wildman–Crippen MR) is 161 cm³/mol. The molecule has 5 aromatic rings. The van der Waals surface area contributed by atoms with Gasteiger partial charge in [-0.1, -0.05) is 35.5 Å². The van der Waals surface area contributed by atoms with Crippen LogP contribution in [0.5, 0.6) is 0 Å². The number of hydrogen-bond acceptors (Lipinski definition) is 8. The standard InChI is InChI=1S/C31H31N5O5S/c1-20-21(2)33-41-29(20)34-42(38,39)28-12-7-6-11-27(28)26-14-13-22(30-32-15-16-40-30)17-24(26)19-36(5)31(37)23-9-8-10-25(18-23)35(3)4/h6-18,34H,19H2,1-5H3. The van der Waals surface area contributed by atoms with Gasteiger partial charge in [-0.3, -0.25) is 4.79 Å². The van der Waals surface area contributed by atoms with E-state index in [-0.39, 0.29) is 23.2 Å². The van der Waals surface area contributed by atoms with Gasteiger partial charge in [-0.15, -0.1) is 0 Å². The van der Waals surface area contributed by atoms with Gasteiger partial charge in [0.25, 0.3) is 15.9 Å². The van der Waals surface area contributed by atoms with E-state index < -0.39 is 10.0 Å². The van der Waals surface area contributed by atoms with Crippen molar-refractivity contribution < 1.29 is 22.2 Å². The van der Waals surface area contributed by atoms with Crippen molar-refractivity contribution in [3.63, 3.8) is 0 Å². The minimum Gasteiger partial charge on any atom is -0.445 e. The molecule has 0 radical (unpaired) electrons. The molecule has 10 nitrogen and oxygen atoms in total. The number of aryl methyl sites for hydroxylation is 1. The average Bonchev–Trinajstić information content (AvgIpc) is 3.63. The van der Waals surface area contributed by atoms with Crippen LogP contribution < -0.4 is 9.62 Å². The van der Waals surface area contributed by atoms with Crippen LogP contribution in [0, 0.1) is 13.8 Å². The van der Waals surface area contributed by atoms with E-state index in [1.165, 1.54) is 12.3 Å². The zero-order chi connectivity index (χ0) is 30.0. The van der Waals surface area contributed by atoms with Crippen molar-refractivity contribution in [3.05, 3.63) is 102 Å². The molecule has 3 aromatic carbocycles. The first kappa shape index (κ1) is 28.6. The van der Waals surface area contributed by atoms with Gasteiger partial charge >= 0.3 is 0 Å². The summed E-state index contributed by atoms with van der Waals surface area (Å²) in [5, 5.41) is 3.86. The van der Waals surface area contributed by atoms with Crippen LogP contribution in [0.1, 0.15) is 27.2 Å². The first-order valence-corrected chi connectivity index (χ1v) is 14.6. The predicted octanol–water partition coefficient (Wildman–Crippen LogP) is 5.75. The highest BCUT2D eigenvalue weighted by Crippen LogP contribution is 2.35. The van der Waals surface area contributed by atoms with Crippen molar-refractivity contribution in [3.8, 4) is 22.6 Å². The maximum absolute atomic E-state index is 13.6. The van der Waals surface area contributed by atoms with E-state index in [1.807, 2.05) is 55.4 Å². The van der Waals surface area contributed by atoms with E-state index in [0.29, 0.717) is 45.0 Å². The number of benzene rings is 3. The Morgan fingerprint density at radius 1 is 0.952 bits per heavy atom. The van der Waals surface area contributed by atoms with Gasteiger partial charge in [-0.2, -0.15) is 0 Å². The number of hydrogen-bond donors (Lipinski definition) is 1. The molecule has 0 aliphatic rings. The Balaban J connectivity index is 1.56. The molecule has 5 rings (SSSR count). The van der Waals surface area contributed by atoms with Crippen molar-refractivity contribution in [2.45, 2.75) is 25.3 Å². The quantitative estimate of drug-likeness (QED) is 0.232. The second kappa shape index (κ2) is 11.5. The number of carbonyl (C=O) groups excluding carboxylic acids is 1. The SMILES string of the molecule is Cc1noc(NS(=O)(=O)c2ccccc2-c2ccc(-c3ncco3)cc2CN(C)C(=O)c2cccc(N(C)C)c2)c1C. The normalized spacial score (nSPS) is 11.4. The van der Waals surface area contributed by atoms with Crippen molar-refractivity contribution in [1.82, 2.24) is 15.0 Å². The highest BCUT2D eigenvalue weighted by Gasteiger charge is 2.25. The summed E-state index contributed by atoms with van der Waals surface area (Å²) in [5.74, 6) is 0.297. The molecule has 0 bridgehead atoms. The largest absolute Gasteiger partial charge is 0.445 e. The van der Waals surface area contributed by atoms with Gasteiger partial charge in [0.1, 0.15) is 6.26 Å². The Hall–Kier alpha value is -4.90. The molecule has 0 aliphatic heterocycles. The number of nitrogens with zero attached hydrogens (tertiary/aromatic N) is 4. The van der Waals surface area contributed by atoms with Crippen LogP contribution in [0.3, 0.4) is 0 Å². The molecule has 2 heterocycles. The summed E-state index contributed by atoms with van der Waals surface area (Å²) in [6.07, 6.45) is 3.04. The summed E-state index contributed by atoms with van der Waals surface area (Å²) in [4.78, 5) is 21.3. The van der Waals surface area contributed by atoms with Gasteiger partial charge in [0, 0.05) is 55.6 Å². The van der Waals surface area contributed by atoms with Gasteiger partial charge in [0.2, 0.25) is 11.8 Å². The van der Waals surface area contributed by atoms with Crippen LogP contribution in [-0.4, -0.2) is 50.5 Å². The Bertz CT molecular complexity index is 1850. The zero-order valence-corrected chi connectivity index (χ0v) is 24.8. The van der Waals surface area contributed by atoms with Gasteiger partial charge in [-0.05, 0) is 61.4 Å². The molecule has 0 aliphatic carbocycles. The lowest BCUT2D eigenvalue weighted by atomic mass is 9.96. The number of anilines is 2. The Labute approximate surface area is 244 Å². The molecule has 0 atom stereocenters. The van der Waals surface area contributed by atoms with Crippen LogP contribution in [0.25, 0.3) is 22.6 Å². The lowest BCUT2D eigenvalue weighted by Crippen LogP contribution is -2.26. The third kappa shape index (κ3) is 5.77. The fraction of sp³-hybridized carbons (Fsp3) is 0.194. The maximum Gasteiger partial charge on any atom is 0.264 e. The van der Waals surface area contributed by atoms with Gasteiger partial charge < -0.3 is 18.7 Å². The van der Waals surface area contributed by atoms with Crippen molar-refractivity contribution in [1.29, 1.82) is 0 Å². The summed E-state index contributed by atoms with van der Waals surface area (Å²) >= 11 is 0. The first-order valence-electron chi connectivity index (χ1n) is 13.2. The molecule has 0 saturated carbocycles. The molecule has 11 heteroatoms. The second-order valence-electron chi connectivity index (χ2n) is 10.1. The second-order valence-corrected chi connectivity index (χ2v) is 11.8. The molecule has 1 amide bonds. The summed E-state index contributed by atoms with van der Waals surface area (Å²) in [7, 11) is 1.47. The molecular weight excluding hydrogens is 554 g/mol. The first-order chi connectivity index (χ1) is 20.0. The highest BCUT2D eigenvalue weighted by atomic mass is 32.2. The molecule has 0 saturated heterocycles. The van der Waals surface area contributed by atoms with Crippen molar-refractivity contribution in [2.24, 2.45) is 0 Å². The Morgan fingerprint density at radius 2 is 1.74 bits per heavy atom. The summed E-state index contributed by atoms with van der Waals surface area (Å²) in [6, 6.07) is 19.6. The van der Waals surface area contributed by atoms with E-state index in [1.54, 1.807) is 56.3 Å². The lowest BCUT2D eigenvalue weighted by molar-refractivity contribution is 0.0785. The van der Waals surface area contributed by atoms with Crippen molar-refractivity contribution >= 4 is 27.5 Å². The van der Waals surface area contributed by atoms with E-state index >= 15 is 0 Å². The van der Waals surface area contributed by atoms with Crippen LogP contribution in [0.15, 0.2) is 93.0 Å². The number of rotatable bonds is 9. The molecule has 0 spiro atoms. The zero-order valence-electron chi connectivity index (χ0n) is 24.0. The average molecular weight is 586 g/mol. The van der Waals surface area contributed by atoms with Crippen LogP contribution in [-0.2, 0) is 16.6 Å². The third-order valence-electron chi connectivity index (χ3n) is 7.00. The van der Waals surface area contributed by atoms with Gasteiger partial charge in [-0.25, -0.2) is 18.1 Å². The third-order valence-corrected chi connectivity index (χ3v) is 8.39.